The van der Waals surface area contributed by atoms with Gasteiger partial charge in [-0.15, -0.1) is 0 Å². The van der Waals surface area contributed by atoms with Gasteiger partial charge in [-0.25, -0.2) is 9.37 Å². The highest BCUT2D eigenvalue weighted by atomic mass is 32.2. The van der Waals surface area contributed by atoms with Crippen LogP contribution >= 0.6 is 0 Å². The molecule has 0 fully saturated rings. The molecule has 2 N–H and O–H groups in total. The maximum atomic E-state index is 13.1. The minimum absolute atomic E-state index is 0.135. The van der Waals surface area contributed by atoms with E-state index in [1.807, 2.05) is 6.92 Å². The molecule has 0 aliphatic rings. The van der Waals surface area contributed by atoms with Crippen molar-refractivity contribution < 1.29 is 13.4 Å². The molecule has 19 heavy (non-hydrogen) atoms. The highest BCUT2D eigenvalue weighted by molar-refractivity contribution is 7.84. The maximum absolute atomic E-state index is 13.1. The van der Waals surface area contributed by atoms with E-state index in [2.05, 4.69) is 15.6 Å². The Morgan fingerprint density at radius 2 is 2.26 bits per heavy atom. The largest absolute Gasteiger partial charge is 0.372 e. The second kappa shape index (κ2) is 7.18. The Kier molecular flexibility index (Phi) is 5.88. The van der Waals surface area contributed by atoms with E-state index in [9.17, 15) is 13.4 Å². The number of rotatable bonds is 6. The van der Waals surface area contributed by atoms with E-state index < -0.39 is 22.5 Å². The first-order valence-electron chi connectivity index (χ1n) is 5.88. The Labute approximate surface area is 114 Å². The van der Waals surface area contributed by atoms with Crippen LogP contribution in [0.4, 0.5) is 10.2 Å². The highest BCUT2D eigenvalue weighted by Crippen LogP contribution is 2.13. The van der Waals surface area contributed by atoms with E-state index >= 15 is 0 Å². The van der Waals surface area contributed by atoms with Crippen molar-refractivity contribution in [3.05, 3.63) is 23.6 Å². The summed E-state index contributed by atoms with van der Waals surface area (Å²) in [5, 5.41) is 5.47. The van der Waals surface area contributed by atoms with Crippen molar-refractivity contribution in [2.45, 2.75) is 19.4 Å². The highest BCUT2D eigenvalue weighted by Gasteiger charge is 2.15. The lowest BCUT2D eigenvalue weighted by Crippen LogP contribution is -2.34. The number of hydrogen-bond acceptors (Lipinski definition) is 4. The predicted octanol–water partition coefficient (Wildman–Crippen LogP) is 1.15. The van der Waals surface area contributed by atoms with Crippen LogP contribution < -0.4 is 10.6 Å². The lowest BCUT2D eigenvalue weighted by Gasteiger charge is -2.14. The molecule has 5 nitrogen and oxygen atoms in total. The first-order chi connectivity index (χ1) is 8.93. The van der Waals surface area contributed by atoms with Gasteiger partial charge in [0.15, 0.2) is 0 Å². The van der Waals surface area contributed by atoms with E-state index in [1.54, 1.807) is 13.3 Å². The summed E-state index contributed by atoms with van der Waals surface area (Å²) >= 11 is 0. The Balaban J connectivity index is 2.72. The molecule has 1 rings (SSSR count). The van der Waals surface area contributed by atoms with Gasteiger partial charge in [-0.05, 0) is 19.4 Å². The van der Waals surface area contributed by atoms with Crippen LogP contribution in [0.15, 0.2) is 12.3 Å². The molecule has 0 bridgehead atoms. The average molecular weight is 287 g/mol. The molecule has 0 aliphatic heterocycles. The van der Waals surface area contributed by atoms with Crippen molar-refractivity contribution in [1.82, 2.24) is 10.3 Å². The predicted molar refractivity (Wildman–Crippen MR) is 74.2 cm³/mol. The summed E-state index contributed by atoms with van der Waals surface area (Å²) in [5.41, 5.74) is 0.159. The van der Waals surface area contributed by atoms with Crippen LogP contribution in [-0.2, 0) is 10.8 Å². The zero-order valence-corrected chi connectivity index (χ0v) is 12.0. The number of hydrogen-bond donors (Lipinski definition) is 2. The summed E-state index contributed by atoms with van der Waals surface area (Å²) in [6, 6.07) is 1.00. The van der Waals surface area contributed by atoms with Gasteiger partial charge in [0, 0.05) is 35.9 Å². The summed E-state index contributed by atoms with van der Waals surface area (Å²) in [5.74, 6) is -0.121. The second-order valence-corrected chi connectivity index (χ2v) is 5.79. The molecule has 2 atom stereocenters. The van der Waals surface area contributed by atoms with Crippen molar-refractivity contribution in [2.24, 2.45) is 0 Å². The SMILES string of the molecule is CNc1ncc(F)cc1C(=O)NC(C)CCS(C)=O. The number of aromatic nitrogens is 1. The third-order valence-electron chi connectivity index (χ3n) is 2.55. The average Bonchev–Trinajstić information content (AvgIpc) is 2.36. The van der Waals surface area contributed by atoms with Gasteiger partial charge < -0.3 is 10.6 Å². The quantitative estimate of drug-likeness (QED) is 0.823. The van der Waals surface area contributed by atoms with Gasteiger partial charge in [0.05, 0.1) is 11.8 Å². The Bertz CT molecular complexity index is 482. The van der Waals surface area contributed by atoms with Crippen LogP contribution in [0.5, 0.6) is 0 Å². The van der Waals surface area contributed by atoms with Gasteiger partial charge in [-0.1, -0.05) is 0 Å². The number of anilines is 1. The topological polar surface area (TPSA) is 71.1 Å². The number of nitrogens with zero attached hydrogens (tertiary/aromatic N) is 1. The standard InChI is InChI=1S/C12H18FN3O2S/c1-8(4-5-19(3)18)16-12(17)10-6-9(13)7-15-11(10)14-2/h6-8H,4-5H2,1-3H3,(H,14,15)(H,16,17). The second-order valence-electron chi connectivity index (χ2n) is 4.24. The van der Waals surface area contributed by atoms with E-state index in [-0.39, 0.29) is 11.6 Å². The van der Waals surface area contributed by atoms with Gasteiger partial charge >= 0.3 is 0 Å². The molecule has 1 aromatic rings. The summed E-state index contributed by atoms with van der Waals surface area (Å²) < 4.78 is 24.1. The van der Waals surface area contributed by atoms with Gasteiger partial charge in [0.1, 0.15) is 11.6 Å². The molecule has 0 saturated heterocycles. The molecule has 0 aromatic carbocycles. The molecule has 1 heterocycles. The zero-order valence-electron chi connectivity index (χ0n) is 11.2. The molecule has 1 amide bonds. The fourth-order valence-electron chi connectivity index (χ4n) is 1.53. The molecule has 0 saturated carbocycles. The van der Waals surface area contributed by atoms with Crippen molar-refractivity contribution >= 4 is 22.5 Å². The molecule has 2 unspecified atom stereocenters. The van der Waals surface area contributed by atoms with Gasteiger partial charge in [0.2, 0.25) is 0 Å². The van der Waals surface area contributed by atoms with Crippen LogP contribution in [0.1, 0.15) is 23.7 Å². The molecule has 7 heteroatoms. The number of halogens is 1. The van der Waals surface area contributed by atoms with Crippen LogP contribution in [0.25, 0.3) is 0 Å². The minimum atomic E-state index is -0.891. The van der Waals surface area contributed by atoms with Gasteiger partial charge in [0.25, 0.3) is 5.91 Å². The van der Waals surface area contributed by atoms with Crippen LogP contribution in [-0.4, -0.2) is 40.2 Å². The first-order valence-corrected chi connectivity index (χ1v) is 7.61. The Hall–Kier alpha value is -1.50. The number of carbonyl (C=O) groups excluding carboxylic acids is 1. The summed E-state index contributed by atoms with van der Waals surface area (Å²) in [6.45, 7) is 1.82. The molecule has 0 spiro atoms. The van der Waals surface area contributed by atoms with Crippen LogP contribution in [0.2, 0.25) is 0 Å². The molecular weight excluding hydrogens is 269 g/mol. The smallest absolute Gasteiger partial charge is 0.255 e. The van der Waals surface area contributed by atoms with Gasteiger partial charge in [-0.2, -0.15) is 0 Å². The van der Waals surface area contributed by atoms with E-state index in [4.69, 9.17) is 0 Å². The normalized spacial score (nSPS) is 13.7. The third kappa shape index (κ3) is 4.94. The van der Waals surface area contributed by atoms with Gasteiger partial charge in [-0.3, -0.25) is 9.00 Å². The van der Waals surface area contributed by atoms with E-state index in [0.29, 0.717) is 18.0 Å². The molecule has 0 aliphatic carbocycles. The summed E-state index contributed by atoms with van der Waals surface area (Å²) in [7, 11) is 0.721. The maximum Gasteiger partial charge on any atom is 0.255 e. The number of nitrogens with one attached hydrogen (secondary N) is 2. The van der Waals surface area contributed by atoms with Crippen molar-refractivity contribution in [3.8, 4) is 0 Å². The fourth-order valence-corrected chi connectivity index (χ4v) is 2.21. The molecule has 1 aromatic heterocycles. The lowest BCUT2D eigenvalue weighted by atomic mass is 10.2. The van der Waals surface area contributed by atoms with Crippen LogP contribution in [0.3, 0.4) is 0 Å². The number of amides is 1. The van der Waals surface area contributed by atoms with Crippen molar-refractivity contribution in [2.75, 3.05) is 24.4 Å². The minimum Gasteiger partial charge on any atom is -0.372 e. The third-order valence-corrected chi connectivity index (χ3v) is 3.36. The lowest BCUT2D eigenvalue weighted by molar-refractivity contribution is 0.0939. The fraction of sp³-hybridized carbons (Fsp3) is 0.500. The molecule has 0 radical (unpaired) electrons. The van der Waals surface area contributed by atoms with Crippen molar-refractivity contribution in [1.29, 1.82) is 0 Å². The van der Waals surface area contributed by atoms with E-state index in [1.165, 1.54) is 0 Å². The molecule has 106 valence electrons. The monoisotopic (exact) mass is 287 g/mol. The van der Waals surface area contributed by atoms with E-state index in [0.717, 1.165) is 12.3 Å². The number of pyridine rings is 1. The molecular formula is C12H18FN3O2S. The van der Waals surface area contributed by atoms with Crippen LogP contribution in [0, 0.1) is 5.82 Å². The number of carbonyl (C=O) groups is 1. The Morgan fingerprint density at radius 3 is 2.84 bits per heavy atom. The zero-order chi connectivity index (χ0) is 14.4. The Morgan fingerprint density at radius 1 is 1.58 bits per heavy atom. The summed E-state index contributed by atoms with van der Waals surface area (Å²) in [6.07, 6.45) is 3.27. The summed E-state index contributed by atoms with van der Waals surface area (Å²) in [4.78, 5) is 15.8. The van der Waals surface area contributed by atoms with Crippen molar-refractivity contribution in [3.63, 3.8) is 0 Å². The first kappa shape index (κ1) is 15.6.